The van der Waals surface area contributed by atoms with Gasteiger partial charge in [0.15, 0.2) is 0 Å². The Balaban J connectivity index is 2.22. The summed E-state index contributed by atoms with van der Waals surface area (Å²) in [7, 11) is 1.31. The summed E-state index contributed by atoms with van der Waals surface area (Å²) in [6, 6.07) is 6.84. The van der Waals surface area contributed by atoms with E-state index in [2.05, 4.69) is 14.7 Å². The molecule has 5 heteroatoms. The highest BCUT2D eigenvalue weighted by Gasteiger charge is 2.15. The number of benzene rings is 1. The Morgan fingerprint density at radius 2 is 2.12 bits per heavy atom. The van der Waals surface area contributed by atoms with E-state index in [9.17, 15) is 4.79 Å². The van der Waals surface area contributed by atoms with E-state index >= 15 is 0 Å². The summed E-state index contributed by atoms with van der Waals surface area (Å²) in [4.78, 5) is 19.8. The van der Waals surface area contributed by atoms with Gasteiger partial charge in [-0.2, -0.15) is 0 Å². The van der Waals surface area contributed by atoms with E-state index in [1.807, 2.05) is 24.3 Å². The topological polar surface area (TPSA) is 78.1 Å². The molecule has 1 heterocycles. The average Bonchev–Trinajstić information content (AvgIpc) is 2.37. The quantitative estimate of drug-likeness (QED) is 0.785. The van der Waals surface area contributed by atoms with Gasteiger partial charge in [-0.3, -0.25) is 9.78 Å². The number of aromatic nitrogens is 2. The maximum Gasteiger partial charge on any atom is 0.323 e. The third-order valence-corrected chi connectivity index (χ3v) is 2.43. The lowest BCUT2D eigenvalue weighted by molar-refractivity contribution is -0.142. The fourth-order valence-electron chi connectivity index (χ4n) is 1.55. The Morgan fingerprint density at radius 3 is 2.82 bits per heavy atom. The van der Waals surface area contributed by atoms with E-state index in [1.54, 1.807) is 6.20 Å². The van der Waals surface area contributed by atoms with E-state index < -0.39 is 12.0 Å². The van der Waals surface area contributed by atoms with Gasteiger partial charge < -0.3 is 10.5 Å². The molecule has 2 rings (SSSR count). The van der Waals surface area contributed by atoms with Crippen LogP contribution in [0.1, 0.15) is 5.69 Å². The highest BCUT2D eigenvalue weighted by Crippen LogP contribution is 2.09. The highest BCUT2D eigenvalue weighted by atomic mass is 16.5. The molecule has 88 valence electrons. The van der Waals surface area contributed by atoms with Crippen molar-refractivity contribution in [3.05, 3.63) is 36.2 Å². The second-order valence-corrected chi connectivity index (χ2v) is 3.68. The number of esters is 1. The van der Waals surface area contributed by atoms with Crippen LogP contribution in [0.5, 0.6) is 0 Å². The van der Waals surface area contributed by atoms with Crippen molar-refractivity contribution in [2.45, 2.75) is 12.5 Å². The predicted molar refractivity (Wildman–Crippen MR) is 63.2 cm³/mol. The van der Waals surface area contributed by atoms with Crippen molar-refractivity contribution in [3.63, 3.8) is 0 Å². The van der Waals surface area contributed by atoms with Crippen LogP contribution in [0.15, 0.2) is 30.5 Å². The molecule has 0 radical (unpaired) electrons. The van der Waals surface area contributed by atoms with E-state index in [0.717, 1.165) is 11.0 Å². The summed E-state index contributed by atoms with van der Waals surface area (Å²) < 4.78 is 4.56. The predicted octanol–water partition coefficient (Wildman–Crippen LogP) is 0.673. The van der Waals surface area contributed by atoms with Crippen molar-refractivity contribution in [2.75, 3.05) is 7.11 Å². The van der Waals surface area contributed by atoms with Gasteiger partial charge in [0.1, 0.15) is 6.04 Å². The summed E-state index contributed by atoms with van der Waals surface area (Å²) in [5, 5.41) is 0. The minimum Gasteiger partial charge on any atom is -0.468 e. The lowest BCUT2D eigenvalue weighted by atomic mass is 10.1. The first-order chi connectivity index (χ1) is 8.20. The molecular formula is C12H13N3O2. The maximum absolute atomic E-state index is 11.2. The van der Waals surface area contributed by atoms with Gasteiger partial charge in [-0.15, -0.1) is 0 Å². The Labute approximate surface area is 98.6 Å². The Hall–Kier alpha value is -2.01. The number of fused-ring (bicyclic) bond motifs is 1. The van der Waals surface area contributed by atoms with E-state index in [-0.39, 0.29) is 0 Å². The van der Waals surface area contributed by atoms with Crippen LogP contribution in [0, 0.1) is 0 Å². The van der Waals surface area contributed by atoms with Crippen LogP contribution >= 0.6 is 0 Å². The van der Waals surface area contributed by atoms with Gasteiger partial charge in [0.2, 0.25) is 0 Å². The van der Waals surface area contributed by atoms with Crippen molar-refractivity contribution >= 4 is 17.0 Å². The third-order valence-electron chi connectivity index (χ3n) is 2.43. The van der Waals surface area contributed by atoms with Crippen LogP contribution in [0.4, 0.5) is 0 Å². The Bertz CT molecular complexity index is 542. The first kappa shape index (κ1) is 11.5. The molecule has 0 aliphatic heterocycles. The van der Waals surface area contributed by atoms with Crippen LogP contribution in [-0.4, -0.2) is 29.1 Å². The lowest BCUT2D eigenvalue weighted by Gasteiger charge is -2.08. The number of ether oxygens (including phenoxy) is 1. The van der Waals surface area contributed by atoms with E-state index in [1.165, 1.54) is 7.11 Å². The largest absolute Gasteiger partial charge is 0.468 e. The third kappa shape index (κ3) is 2.57. The summed E-state index contributed by atoms with van der Waals surface area (Å²) >= 11 is 0. The van der Waals surface area contributed by atoms with Gasteiger partial charge >= 0.3 is 5.97 Å². The van der Waals surface area contributed by atoms with Crippen LogP contribution < -0.4 is 5.73 Å². The first-order valence-corrected chi connectivity index (χ1v) is 5.25. The molecule has 0 aliphatic rings. The van der Waals surface area contributed by atoms with Gasteiger partial charge in [-0.1, -0.05) is 12.1 Å². The zero-order valence-corrected chi connectivity index (χ0v) is 9.46. The number of para-hydroxylation sites is 2. The number of nitrogens with zero attached hydrogens (tertiary/aromatic N) is 2. The molecule has 0 saturated carbocycles. The second-order valence-electron chi connectivity index (χ2n) is 3.68. The molecule has 0 amide bonds. The van der Waals surface area contributed by atoms with Crippen LogP contribution in [0.25, 0.3) is 11.0 Å². The monoisotopic (exact) mass is 231 g/mol. The number of carbonyl (C=O) groups excluding carboxylic acids is 1. The van der Waals surface area contributed by atoms with Gasteiger partial charge in [0.05, 0.1) is 23.8 Å². The normalized spacial score (nSPS) is 12.4. The highest BCUT2D eigenvalue weighted by molar-refractivity contribution is 5.76. The number of rotatable bonds is 3. The molecule has 1 atom stereocenters. The summed E-state index contributed by atoms with van der Waals surface area (Å²) in [5.74, 6) is -0.444. The number of nitrogens with two attached hydrogens (primary N) is 1. The smallest absolute Gasteiger partial charge is 0.323 e. The molecule has 0 unspecified atom stereocenters. The van der Waals surface area contributed by atoms with Crippen LogP contribution in [0.3, 0.4) is 0 Å². The second kappa shape index (κ2) is 4.88. The fraction of sp³-hybridized carbons (Fsp3) is 0.250. The molecule has 2 aromatic rings. The lowest BCUT2D eigenvalue weighted by Crippen LogP contribution is -2.33. The number of carbonyl (C=O) groups is 1. The SMILES string of the molecule is COC(=O)[C@@H](N)Cc1cnc2ccccc2n1. The molecular weight excluding hydrogens is 218 g/mol. The average molecular weight is 231 g/mol. The van der Waals surface area contributed by atoms with E-state index in [0.29, 0.717) is 12.1 Å². The summed E-state index contributed by atoms with van der Waals surface area (Å²) in [6.45, 7) is 0. The van der Waals surface area contributed by atoms with E-state index in [4.69, 9.17) is 5.73 Å². The Morgan fingerprint density at radius 1 is 1.41 bits per heavy atom. The van der Waals surface area contributed by atoms with Crippen molar-refractivity contribution in [3.8, 4) is 0 Å². The minimum absolute atomic E-state index is 0.324. The van der Waals surface area contributed by atoms with Gasteiger partial charge in [0, 0.05) is 12.6 Å². The van der Waals surface area contributed by atoms with Crippen molar-refractivity contribution < 1.29 is 9.53 Å². The Kier molecular flexibility index (Phi) is 3.30. The minimum atomic E-state index is -0.699. The van der Waals surface area contributed by atoms with Gasteiger partial charge in [-0.25, -0.2) is 4.98 Å². The molecule has 1 aromatic heterocycles. The summed E-state index contributed by atoms with van der Waals surface area (Å²) in [5.41, 5.74) is 7.96. The zero-order valence-electron chi connectivity index (χ0n) is 9.46. The number of methoxy groups -OCH3 is 1. The fourth-order valence-corrected chi connectivity index (χ4v) is 1.55. The molecule has 1 aromatic carbocycles. The summed E-state index contributed by atoms with van der Waals surface area (Å²) in [6.07, 6.45) is 1.95. The van der Waals surface area contributed by atoms with Gasteiger partial charge in [0.25, 0.3) is 0 Å². The maximum atomic E-state index is 11.2. The molecule has 2 N–H and O–H groups in total. The molecule has 0 bridgehead atoms. The van der Waals surface area contributed by atoms with Crippen molar-refractivity contribution in [1.29, 1.82) is 0 Å². The number of hydrogen-bond acceptors (Lipinski definition) is 5. The van der Waals surface area contributed by atoms with Gasteiger partial charge in [-0.05, 0) is 12.1 Å². The van der Waals surface area contributed by atoms with Crippen LogP contribution in [0.2, 0.25) is 0 Å². The zero-order chi connectivity index (χ0) is 12.3. The molecule has 0 aliphatic carbocycles. The van der Waals surface area contributed by atoms with Crippen molar-refractivity contribution in [2.24, 2.45) is 5.73 Å². The molecule has 17 heavy (non-hydrogen) atoms. The van der Waals surface area contributed by atoms with Crippen molar-refractivity contribution in [1.82, 2.24) is 9.97 Å². The molecule has 0 saturated heterocycles. The standard InChI is InChI=1S/C12H13N3O2/c1-17-12(16)9(13)6-8-7-14-10-4-2-3-5-11(10)15-8/h2-5,7,9H,6,13H2,1H3/t9-/m0/s1. The number of hydrogen-bond donors (Lipinski definition) is 1. The first-order valence-electron chi connectivity index (χ1n) is 5.25. The molecule has 0 spiro atoms. The van der Waals surface area contributed by atoms with Crippen LogP contribution in [-0.2, 0) is 16.0 Å². The molecule has 5 nitrogen and oxygen atoms in total. The molecule has 0 fully saturated rings.